The van der Waals surface area contributed by atoms with Gasteiger partial charge in [-0.25, -0.2) is 17.5 Å². The van der Waals surface area contributed by atoms with Crippen molar-refractivity contribution < 1.29 is 17.9 Å². The normalized spacial score (nSPS) is 11.8. The van der Waals surface area contributed by atoms with Crippen molar-refractivity contribution in [2.24, 2.45) is 12.8 Å². The van der Waals surface area contributed by atoms with Crippen LogP contribution in [0.4, 0.5) is 4.79 Å². The van der Waals surface area contributed by atoms with Crippen LogP contribution in [0.5, 0.6) is 5.75 Å². The maximum atomic E-state index is 11.8. The molecule has 0 fully saturated rings. The minimum atomic E-state index is -3.74. The van der Waals surface area contributed by atoms with Crippen molar-refractivity contribution >= 4 is 16.1 Å². The van der Waals surface area contributed by atoms with Gasteiger partial charge < -0.3 is 10.5 Å². The Hall–Kier alpha value is -1.61. The van der Waals surface area contributed by atoms with Crippen LogP contribution in [0.3, 0.4) is 0 Å². The molecule has 1 aromatic heterocycles. The van der Waals surface area contributed by atoms with Gasteiger partial charge in [-0.3, -0.25) is 4.68 Å². The molecule has 0 atom stereocenters. The molecule has 1 aromatic rings. The van der Waals surface area contributed by atoms with E-state index in [1.807, 2.05) is 0 Å². The minimum Gasteiger partial charge on any atom is -0.406 e. The Bertz CT molecular complexity index is 504. The third kappa shape index (κ3) is 2.14. The molecule has 90 valence electrons. The zero-order chi connectivity index (χ0) is 12.5. The van der Waals surface area contributed by atoms with Gasteiger partial charge in [-0.15, -0.1) is 0 Å². The lowest BCUT2D eigenvalue weighted by Crippen LogP contribution is -2.26. The fourth-order valence-corrected chi connectivity index (χ4v) is 2.13. The molecule has 0 aliphatic rings. The van der Waals surface area contributed by atoms with Crippen LogP contribution in [0.1, 0.15) is 0 Å². The Morgan fingerprint density at radius 1 is 1.56 bits per heavy atom. The monoisotopic (exact) mass is 248 g/mol. The summed E-state index contributed by atoms with van der Waals surface area (Å²) >= 11 is 0. The molecule has 0 saturated carbocycles. The molecular formula is C7H12N4O4S. The van der Waals surface area contributed by atoms with Gasteiger partial charge in [0.2, 0.25) is 5.03 Å². The summed E-state index contributed by atoms with van der Waals surface area (Å²) in [6.45, 7) is 0. The number of carbonyl (C=O) groups excluding carboxylic acids is 1. The van der Waals surface area contributed by atoms with Crippen LogP contribution >= 0.6 is 0 Å². The predicted octanol–water partition coefficient (Wildman–Crippen LogP) is -0.872. The van der Waals surface area contributed by atoms with E-state index in [0.717, 1.165) is 15.2 Å². The number of primary amides is 1. The number of hydrogen-bond donors (Lipinski definition) is 1. The highest BCUT2D eigenvalue weighted by molar-refractivity contribution is 7.89. The van der Waals surface area contributed by atoms with Crippen molar-refractivity contribution in [1.82, 2.24) is 14.1 Å². The fraction of sp³-hybridized carbons (Fsp3) is 0.429. The van der Waals surface area contributed by atoms with E-state index in [1.165, 1.54) is 21.1 Å². The number of aromatic nitrogens is 2. The Balaban J connectivity index is 3.33. The standard InChI is InChI=1S/C7H12N4O4S/c1-10(2)16(13,14)6-5(15-7(8)12)4-9-11(6)3/h4H,1-3H3,(H2,8,12). The van der Waals surface area contributed by atoms with Crippen molar-refractivity contribution in [3.05, 3.63) is 6.20 Å². The van der Waals surface area contributed by atoms with Gasteiger partial charge in [0.15, 0.2) is 5.75 Å². The molecule has 1 amide bonds. The quantitative estimate of drug-likeness (QED) is 0.748. The zero-order valence-corrected chi connectivity index (χ0v) is 9.85. The first-order chi connectivity index (χ1) is 7.26. The molecule has 1 heterocycles. The zero-order valence-electron chi connectivity index (χ0n) is 9.04. The summed E-state index contributed by atoms with van der Waals surface area (Å²) in [6, 6.07) is 0. The molecule has 0 radical (unpaired) electrons. The average Bonchev–Trinajstić information content (AvgIpc) is 2.46. The maximum Gasteiger partial charge on any atom is 0.410 e. The van der Waals surface area contributed by atoms with Crippen LogP contribution in [0.2, 0.25) is 0 Å². The second-order valence-electron chi connectivity index (χ2n) is 3.15. The smallest absolute Gasteiger partial charge is 0.406 e. The summed E-state index contributed by atoms with van der Waals surface area (Å²) in [5, 5.41) is 3.47. The fourth-order valence-electron chi connectivity index (χ4n) is 1.05. The van der Waals surface area contributed by atoms with Crippen molar-refractivity contribution in [3.8, 4) is 5.75 Å². The molecule has 0 saturated heterocycles. The molecule has 0 aliphatic carbocycles. The second-order valence-corrected chi connectivity index (χ2v) is 5.21. The SMILES string of the molecule is CN(C)S(=O)(=O)c1c(OC(N)=O)cnn1C. The molecule has 0 spiro atoms. The molecule has 0 bridgehead atoms. The van der Waals surface area contributed by atoms with Crippen LogP contribution in [0.25, 0.3) is 0 Å². The van der Waals surface area contributed by atoms with E-state index in [0.29, 0.717) is 0 Å². The first kappa shape index (κ1) is 12.5. The molecule has 9 heteroatoms. The van der Waals surface area contributed by atoms with Gasteiger partial charge in [-0.05, 0) is 0 Å². The summed E-state index contributed by atoms with van der Waals surface area (Å²) in [4.78, 5) is 10.6. The van der Waals surface area contributed by atoms with Gasteiger partial charge >= 0.3 is 6.09 Å². The Morgan fingerprint density at radius 3 is 2.56 bits per heavy atom. The topological polar surface area (TPSA) is 108 Å². The van der Waals surface area contributed by atoms with E-state index in [-0.39, 0.29) is 10.8 Å². The number of sulfonamides is 1. The van der Waals surface area contributed by atoms with E-state index in [9.17, 15) is 13.2 Å². The number of amides is 1. The van der Waals surface area contributed by atoms with Gasteiger partial charge in [0.05, 0.1) is 6.20 Å². The number of ether oxygens (including phenoxy) is 1. The predicted molar refractivity (Wildman–Crippen MR) is 54.3 cm³/mol. The Kier molecular flexibility index (Phi) is 3.19. The van der Waals surface area contributed by atoms with Gasteiger partial charge in [0.1, 0.15) is 0 Å². The number of carbonyl (C=O) groups is 1. The molecule has 0 unspecified atom stereocenters. The van der Waals surface area contributed by atoms with Crippen LogP contribution in [0.15, 0.2) is 11.2 Å². The molecule has 1 rings (SSSR count). The van der Waals surface area contributed by atoms with Crippen molar-refractivity contribution in [3.63, 3.8) is 0 Å². The number of rotatable bonds is 3. The third-order valence-electron chi connectivity index (χ3n) is 1.79. The Labute approximate surface area is 92.6 Å². The summed E-state index contributed by atoms with van der Waals surface area (Å²) < 4.78 is 30.3. The summed E-state index contributed by atoms with van der Waals surface area (Å²) in [6.07, 6.45) is 0.0180. The first-order valence-electron chi connectivity index (χ1n) is 4.18. The van der Waals surface area contributed by atoms with Gasteiger partial charge in [0, 0.05) is 21.1 Å². The van der Waals surface area contributed by atoms with Crippen LogP contribution < -0.4 is 10.5 Å². The third-order valence-corrected chi connectivity index (χ3v) is 3.70. The number of nitrogens with zero attached hydrogens (tertiary/aromatic N) is 3. The lowest BCUT2D eigenvalue weighted by molar-refractivity contribution is 0.209. The molecular weight excluding hydrogens is 236 g/mol. The number of hydrogen-bond acceptors (Lipinski definition) is 5. The van der Waals surface area contributed by atoms with Gasteiger partial charge in [-0.1, -0.05) is 0 Å². The second kappa shape index (κ2) is 4.10. The summed E-state index contributed by atoms with van der Waals surface area (Å²) in [7, 11) is 0.396. The highest BCUT2D eigenvalue weighted by Crippen LogP contribution is 2.24. The van der Waals surface area contributed by atoms with E-state index in [4.69, 9.17) is 5.73 Å². The molecule has 2 N–H and O–H groups in total. The van der Waals surface area contributed by atoms with Gasteiger partial charge in [0.25, 0.3) is 10.0 Å². The minimum absolute atomic E-state index is 0.191. The lowest BCUT2D eigenvalue weighted by Gasteiger charge is -2.12. The maximum absolute atomic E-state index is 11.8. The van der Waals surface area contributed by atoms with Crippen molar-refractivity contribution in [2.45, 2.75) is 5.03 Å². The van der Waals surface area contributed by atoms with E-state index in [1.54, 1.807) is 0 Å². The lowest BCUT2D eigenvalue weighted by atomic mass is 10.6. The van der Waals surface area contributed by atoms with E-state index >= 15 is 0 Å². The van der Waals surface area contributed by atoms with E-state index in [2.05, 4.69) is 9.84 Å². The highest BCUT2D eigenvalue weighted by atomic mass is 32.2. The van der Waals surface area contributed by atoms with Crippen LogP contribution in [0, 0.1) is 0 Å². The van der Waals surface area contributed by atoms with Crippen LogP contribution in [-0.2, 0) is 17.1 Å². The molecule has 0 aliphatic heterocycles. The number of aryl methyl sites for hydroxylation is 1. The largest absolute Gasteiger partial charge is 0.410 e. The average molecular weight is 248 g/mol. The molecule has 0 aromatic carbocycles. The van der Waals surface area contributed by atoms with Gasteiger partial charge in [-0.2, -0.15) is 5.10 Å². The summed E-state index contributed by atoms with van der Waals surface area (Å²) in [5.74, 6) is -0.191. The Morgan fingerprint density at radius 2 is 2.12 bits per heavy atom. The number of nitrogens with two attached hydrogens (primary N) is 1. The molecule has 16 heavy (non-hydrogen) atoms. The summed E-state index contributed by atoms with van der Waals surface area (Å²) in [5.41, 5.74) is 4.82. The molecule has 8 nitrogen and oxygen atoms in total. The van der Waals surface area contributed by atoms with Crippen molar-refractivity contribution in [2.75, 3.05) is 14.1 Å². The first-order valence-corrected chi connectivity index (χ1v) is 5.62. The van der Waals surface area contributed by atoms with Crippen molar-refractivity contribution in [1.29, 1.82) is 0 Å². The highest BCUT2D eigenvalue weighted by Gasteiger charge is 2.27. The van der Waals surface area contributed by atoms with E-state index < -0.39 is 16.1 Å². The van der Waals surface area contributed by atoms with Crippen LogP contribution in [-0.4, -0.2) is 42.7 Å².